The lowest BCUT2D eigenvalue weighted by molar-refractivity contribution is -0.137. The number of sulfonamides is 1. The summed E-state index contributed by atoms with van der Waals surface area (Å²) in [7, 11) is -2.12. The number of hydrogen-bond donors (Lipinski definition) is 2. The summed E-state index contributed by atoms with van der Waals surface area (Å²) in [6, 6.07) is 9.67. The number of nitrogens with zero attached hydrogens (tertiary/aromatic N) is 1. The van der Waals surface area contributed by atoms with Crippen LogP contribution >= 0.6 is 0 Å². The number of rotatable bonds is 7. The molecular weight excluding hydrogens is 457 g/mol. The summed E-state index contributed by atoms with van der Waals surface area (Å²) in [5.74, 6) is -0.578. The first-order valence-electron chi connectivity index (χ1n) is 10.7. The number of benzene rings is 2. The Morgan fingerprint density at radius 1 is 1.12 bits per heavy atom. The Kier molecular flexibility index (Phi) is 7.81. The maximum absolute atomic E-state index is 12.9. The summed E-state index contributed by atoms with van der Waals surface area (Å²) in [4.78, 5) is 12.5. The molecule has 1 atom stereocenters. The monoisotopic (exact) mass is 484 g/mol. The molecule has 33 heavy (non-hydrogen) atoms. The molecule has 0 saturated heterocycles. The second kappa shape index (κ2) is 10.2. The first-order chi connectivity index (χ1) is 15.5. The van der Waals surface area contributed by atoms with Crippen LogP contribution in [-0.2, 0) is 16.2 Å². The molecule has 1 saturated carbocycles. The van der Waals surface area contributed by atoms with E-state index in [1.165, 1.54) is 40.7 Å². The summed E-state index contributed by atoms with van der Waals surface area (Å²) in [6.45, 7) is -0.301. The molecule has 0 aliphatic heterocycles. The number of aliphatic hydroxyl groups excluding tert-OH is 1. The normalized spacial score (nSPS) is 16.5. The molecule has 2 aromatic carbocycles. The van der Waals surface area contributed by atoms with Crippen LogP contribution in [-0.4, -0.2) is 43.4 Å². The van der Waals surface area contributed by atoms with Crippen LogP contribution in [0.15, 0.2) is 53.4 Å². The number of hydrogen-bond acceptors (Lipinski definition) is 4. The summed E-state index contributed by atoms with van der Waals surface area (Å²) >= 11 is 0. The van der Waals surface area contributed by atoms with Crippen LogP contribution < -0.4 is 5.32 Å². The van der Waals surface area contributed by atoms with Crippen molar-refractivity contribution in [2.75, 3.05) is 13.6 Å². The zero-order valence-corrected chi connectivity index (χ0v) is 19.0. The molecule has 0 radical (unpaired) electrons. The van der Waals surface area contributed by atoms with E-state index >= 15 is 0 Å². The molecule has 180 valence electrons. The van der Waals surface area contributed by atoms with E-state index in [1.807, 2.05) is 0 Å². The van der Waals surface area contributed by atoms with Crippen molar-refractivity contribution in [3.8, 4) is 0 Å². The van der Waals surface area contributed by atoms with E-state index in [0.29, 0.717) is 0 Å². The Hall–Kier alpha value is -2.43. The Labute approximate surface area is 191 Å². The van der Waals surface area contributed by atoms with Crippen molar-refractivity contribution in [2.45, 2.75) is 55.3 Å². The molecule has 1 fully saturated rings. The van der Waals surface area contributed by atoms with Gasteiger partial charge < -0.3 is 10.4 Å². The van der Waals surface area contributed by atoms with E-state index in [-0.39, 0.29) is 28.6 Å². The lowest BCUT2D eigenvalue weighted by Crippen LogP contribution is -2.38. The van der Waals surface area contributed by atoms with Crippen LogP contribution in [0.5, 0.6) is 0 Å². The van der Waals surface area contributed by atoms with Crippen molar-refractivity contribution in [1.29, 1.82) is 0 Å². The Balaban J connectivity index is 1.62. The van der Waals surface area contributed by atoms with E-state index in [0.717, 1.165) is 44.2 Å². The van der Waals surface area contributed by atoms with Crippen molar-refractivity contribution < 1.29 is 31.5 Å². The van der Waals surface area contributed by atoms with Crippen LogP contribution in [0, 0.1) is 0 Å². The molecule has 2 N–H and O–H groups in total. The van der Waals surface area contributed by atoms with Gasteiger partial charge in [-0.25, -0.2) is 8.42 Å². The first kappa shape index (κ1) is 25.2. The standard InChI is InChI=1S/C23H27F3N2O4S/c1-28(19-8-3-2-4-9-19)33(31,32)20-12-10-16(11-13-20)22(30)27-15-21(29)17-6-5-7-18(14-17)23(24,25)26/h5-7,10-14,19,21,29H,2-4,8-9,15H2,1H3,(H,27,30). The number of amides is 1. The third-order valence-corrected chi connectivity index (χ3v) is 7.86. The number of nitrogens with one attached hydrogen (secondary N) is 1. The van der Waals surface area contributed by atoms with E-state index in [2.05, 4.69) is 5.32 Å². The minimum Gasteiger partial charge on any atom is -0.387 e. The quantitative estimate of drug-likeness (QED) is 0.619. The Morgan fingerprint density at radius 3 is 2.36 bits per heavy atom. The summed E-state index contributed by atoms with van der Waals surface area (Å²) in [5, 5.41) is 12.6. The lowest BCUT2D eigenvalue weighted by Gasteiger charge is -2.30. The van der Waals surface area contributed by atoms with Gasteiger partial charge in [0.05, 0.1) is 16.6 Å². The van der Waals surface area contributed by atoms with Crippen molar-refractivity contribution in [2.24, 2.45) is 0 Å². The number of halogens is 3. The molecule has 0 spiro atoms. The highest BCUT2D eigenvalue weighted by Gasteiger charge is 2.31. The Morgan fingerprint density at radius 2 is 1.76 bits per heavy atom. The summed E-state index contributed by atoms with van der Waals surface area (Å²) in [5.41, 5.74) is -0.691. The summed E-state index contributed by atoms with van der Waals surface area (Å²) < 4.78 is 65.7. The van der Waals surface area contributed by atoms with Crippen molar-refractivity contribution in [3.63, 3.8) is 0 Å². The molecule has 0 heterocycles. The van der Waals surface area contributed by atoms with Gasteiger partial charge in [-0.05, 0) is 54.8 Å². The fourth-order valence-corrected chi connectivity index (χ4v) is 5.33. The maximum Gasteiger partial charge on any atom is 0.416 e. The van der Waals surface area contributed by atoms with Crippen LogP contribution in [0.4, 0.5) is 13.2 Å². The highest BCUT2D eigenvalue weighted by molar-refractivity contribution is 7.89. The average molecular weight is 485 g/mol. The zero-order valence-electron chi connectivity index (χ0n) is 18.2. The number of alkyl halides is 3. The lowest BCUT2D eigenvalue weighted by atomic mass is 9.96. The van der Waals surface area contributed by atoms with Gasteiger partial charge >= 0.3 is 6.18 Å². The zero-order chi connectivity index (χ0) is 24.2. The third-order valence-electron chi connectivity index (χ3n) is 5.94. The molecule has 1 aliphatic rings. The van der Waals surface area contributed by atoms with Crippen molar-refractivity contribution in [1.82, 2.24) is 9.62 Å². The van der Waals surface area contributed by atoms with Crippen molar-refractivity contribution >= 4 is 15.9 Å². The second-order valence-electron chi connectivity index (χ2n) is 8.19. The highest BCUT2D eigenvalue weighted by Crippen LogP contribution is 2.31. The van der Waals surface area contributed by atoms with Gasteiger partial charge in [-0.1, -0.05) is 31.4 Å². The molecule has 2 aromatic rings. The smallest absolute Gasteiger partial charge is 0.387 e. The largest absolute Gasteiger partial charge is 0.416 e. The minimum absolute atomic E-state index is 0.0253. The van der Waals surface area contributed by atoms with Crippen LogP contribution in [0.1, 0.15) is 59.7 Å². The van der Waals surface area contributed by atoms with Gasteiger partial charge in [0.25, 0.3) is 5.91 Å². The molecule has 1 aliphatic carbocycles. The molecule has 1 amide bonds. The van der Waals surface area contributed by atoms with Gasteiger partial charge in [0.2, 0.25) is 10.0 Å². The molecular formula is C23H27F3N2O4S. The molecule has 1 unspecified atom stereocenters. The van der Waals surface area contributed by atoms with Gasteiger partial charge in [-0.15, -0.1) is 0 Å². The minimum atomic E-state index is -4.54. The second-order valence-corrected chi connectivity index (χ2v) is 10.2. The summed E-state index contributed by atoms with van der Waals surface area (Å²) in [6.07, 6.45) is -1.12. The van der Waals surface area contributed by atoms with Crippen LogP contribution in [0.25, 0.3) is 0 Å². The maximum atomic E-state index is 12.9. The van der Waals surface area contributed by atoms with E-state index in [1.54, 1.807) is 7.05 Å². The average Bonchev–Trinajstić information content (AvgIpc) is 2.82. The number of aliphatic hydroxyl groups is 1. The van der Waals surface area contributed by atoms with E-state index in [9.17, 15) is 31.5 Å². The van der Waals surface area contributed by atoms with Crippen molar-refractivity contribution in [3.05, 3.63) is 65.2 Å². The topological polar surface area (TPSA) is 86.7 Å². The molecule has 6 nitrogen and oxygen atoms in total. The molecule has 3 rings (SSSR count). The van der Waals surface area contributed by atoms with Gasteiger partial charge in [0.15, 0.2) is 0 Å². The third kappa shape index (κ3) is 6.13. The predicted molar refractivity (Wildman–Crippen MR) is 117 cm³/mol. The van der Waals surface area contributed by atoms with Crippen LogP contribution in [0.2, 0.25) is 0 Å². The van der Waals surface area contributed by atoms with Gasteiger partial charge in [0, 0.05) is 25.2 Å². The van der Waals surface area contributed by atoms with Gasteiger partial charge in [-0.2, -0.15) is 17.5 Å². The first-order valence-corrected chi connectivity index (χ1v) is 12.2. The fourth-order valence-electron chi connectivity index (χ4n) is 3.92. The van der Waals surface area contributed by atoms with Gasteiger partial charge in [0.1, 0.15) is 0 Å². The predicted octanol–water partition coefficient (Wildman–Crippen LogP) is 4.12. The van der Waals surface area contributed by atoms with E-state index < -0.39 is 33.8 Å². The fraction of sp³-hybridized carbons (Fsp3) is 0.435. The highest BCUT2D eigenvalue weighted by atomic mass is 32.2. The molecule has 10 heteroatoms. The van der Waals surface area contributed by atoms with Gasteiger partial charge in [-0.3, -0.25) is 4.79 Å². The number of carbonyl (C=O) groups excluding carboxylic acids is 1. The molecule has 0 aromatic heterocycles. The van der Waals surface area contributed by atoms with E-state index in [4.69, 9.17) is 0 Å². The Bertz CT molecular complexity index is 1070. The molecule has 0 bridgehead atoms. The van der Waals surface area contributed by atoms with Crippen LogP contribution in [0.3, 0.4) is 0 Å². The SMILES string of the molecule is CN(C1CCCCC1)S(=O)(=O)c1ccc(C(=O)NCC(O)c2cccc(C(F)(F)F)c2)cc1. The number of carbonyl (C=O) groups is 1.